The number of likely N-dealkylation sites (tertiary alicyclic amines) is 1. The normalized spacial score (nSPS) is 34.9. The third-order valence-corrected chi connectivity index (χ3v) is 3.42. The van der Waals surface area contributed by atoms with Crippen LogP contribution in [0.3, 0.4) is 0 Å². The topological polar surface area (TPSA) is 33.9 Å². The Morgan fingerprint density at radius 2 is 2.12 bits per heavy atom. The number of nitrogens with one attached hydrogen (secondary N) is 1. The first-order valence-electron chi connectivity index (χ1n) is 5.64. The second kappa shape index (κ2) is 4.53. The molecular weight excluding hydrogens is 202 g/mol. The SMILES string of the molecule is [CH2-][NH+]1CC[C@](O)(c2ccccc2)[C@@H](OC)C1. The van der Waals surface area contributed by atoms with Crippen molar-refractivity contribution in [2.75, 3.05) is 20.2 Å². The van der Waals surface area contributed by atoms with Crippen molar-refractivity contribution in [1.29, 1.82) is 0 Å². The summed E-state index contributed by atoms with van der Waals surface area (Å²) in [6.07, 6.45) is 0.505. The zero-order valence-corrected chi connectivity index (χ0v) is 9.65. The summed E-state index contributed by atoms with van der Waals surface area (Å²) in [4.78, 5) is 1.16. The summed E-state index contributed by atoms with van der Waals surface area (Å²) < 4.78 is 5.42. The number of piperidine rings is 1. The Labute approximate surface area is 96.6 Å². The van der Waals surface area contributed by atoms with Crippen LogP contribution in [-0.4, -0.2) is 31.4 Å². The first-order chi connectivity index (χ1) is 7.66. The van der Waals surface area contributed by atoms with Crippen LogP contribution in [0.5, 0.6) is 0 Å². The summed E-state index contributed by atoms with van der Waals surface area (Å²) in [5, 5.41) is 10.8. The van der Waals surface area contributed by atoms with E-state index >= 15 is 0 Å². The minimum absolute atomic E-state index is 0.184. The van der Waals surface area contributed by atoms with Crippen molar-refractivity contribution in [3.05, 3.63) is 42.9 Å². The maximum Gasteiger partial charge on any atom is 0.137 e. The van der Waals surface area contributed by atoms with Crippen molar-refractivity contribution in [3.8, 4) is 0 Å². The molecule has 88 valence electrons. The minimum Gasteiger partial charge on any atom is -0.465 e. The number of rotatable bonds is 2. The van der Waals surface area contributed by atoms with E-state index in [1.165, 1.54) is 0 Å². The van der Waals surface area contributed by atoms with Crippen molar-refractivity contribution < 1.29 is 14.7 Å². The highest BCUT2D eigenvalue weighted by atomic mass is 16.5. The second-order valence-corrected chi connectivity index (χ2v) is 4.47. The van der Waals surface area contributed by atoms with E-state index in [-0.39, 0.29) is 6.10 Å². The number of quaternary nitrogens is 1. The Kier molecular flexibility index (Phi) is 3.28. The van der Waals surface area contributed by atoms with Crippen molar-refractivity contribution in [2.24, 2.45) is 0 Å². The van der Waals surface area contributed by atoms with Crippen molar-refractivity contribution in [1.82, 2.24) is 0 Å². The van der Waals surface area contributed by atoms with E-state index in [0.29, 0.717) is 6.42 Å². The van der Waals surface area contributed by atoms with Crippen LogP contribution >= 0.6 is 0 Å². The average molecular weight is 221 g/mol. The van der Waals surface area contributed by atoms with Gasteiger partial charge in [-0.3, -0.25) is 0 Å². The van der Waals surface area contributed by atoms with Gasteiger partial charge in [0.05, 0.1) is 13.1 Å². The summed E-state index contributed by atoms with van der Waals surface area (Å²) in [6, 6.07) is 9.77. The van der Waals surface area contributed by atoms with Crippen LogP contribution in [0, 0.1) is 7.05 Å². The molecule has 1 heterocycles. The molecule has 16 heavy (non-hydrogen) atoms. The summed E-state index contributed by atoms with van der Waals surface area (Å²) in [7, 11) is 5.63. The van der Waals surface area contributed by atoms with E-state index in [2.05, 4.69) is 7.05 Å². The standard InChI is InChI=1S/C13H19NO2/c1-14-9-8-13(15,12(10-14)16-2)11-6-4-3-5-7-11/h3-7,12,14-15H,1,8-10H2,2H3/t12-,13-/m0/s1. The number of hydrogen-bond acceptors (Lipinski definition) is 2. The molecule has 0 aliphatic carbocycles. The Balaban J connectivity index is 2.29. The number of hydrogen-bond donors (Lipinski definition) is 2. The van der Waals surface area contributed by atoms with Gasteiger partial charge >= 0.3 is 0 Å². The van der Waals surface area contributed by atoms with Gasteiger partial charge in [0.15, 0.2) is 0 Å². The fourth-order valence-electron chi connectivity index (χ4n) is 2.40. The second-order valence-electron chi connectivity index (χ2n) is 4.47. The molecule has 3 atom stereocenters. The van der Waals surface area contributed by atoms with Gasteiger partial charge in [-0.25, -0.2) is 0 Å². The average Bonchev–Trinajstić information content (AvgIpc) is 2.33. The van der Waals surface area contributed by atoms with E-state index in [4.69, 9.17) is 4.74 Å². The van der Waals surface area contributed by atoms with E-state index in [1.54, 1.807) is 7.11 Å². The highest BCUT2D eigenvalue weighted by Gasteiger charge is 2.43. The molecule has 1 saturated heterocycles. The van der Waals surface area contributed by atoms with E-state index in [0.717, 1.165) is 23.6 Å². The molecule has 0 saturated carbocycles. The molecule has 0 spiro atoms. The fourth-order valence-corrected chi connectivity index (χ4v) is 2.40. The lowest BCUT2D eigenvalue weighted by Gasteiger charge is -2.43. The molecule has 0 amide bonds. The lowest BCUT2D eigenvalue weighted by Crippen LogP contribution is -3.10. The Morgan fingerprint density at radius 3 is 2.75 bits per heavy atom. The van der Waals surface area contributed by atoms with Gasteiger partial charge in [-0.2, -0.15) is 7.05 Å². The van der Waals surface area contributed by atoms with E-state index in [1.807, 2.05) is 30.3 Å². The first-order valence-corrected chi connectivity index (χ1v) is 5.64. The molecule has 1 aromatic carbocycles. The van der Waals surface area contributed by atoms with E-state index in [9.17, 15) is 5.11 Å². The predicted octanol–water partition coefficient (Wildman–Crippen LogP) is -0.0306. The zero-order chi connectivity index (χ0) is 11.6. The smallest absolute Gasteiger partial charge is 0.137 e. The monoisotopic (exact) mass is 221 g/mol. The van der Waals surface area contributed by atoms with Crippen molar-refractivity contribution in [3.63, 3.8) is 0 Å². The third kappa shape index (κ3) is 1.98. The molecule has 1 fully saturated rings. The van der Waals surface area contributed by atoms with Crippen LogP contribution in [0.15, 0.2) is 30.3 Å². The van der Waals surface area contributed by atoms with Gasteiger partial charge in [0.2, 0.25) is 0 Å². The number of methoxy groups -OCH3 is 1. The summed E-state index contributed by atoms with van der Waals surface area (Å²) in [6.45, 7) is 1.60. The van der Waals surface area contributed by atoms with Crippen molar-refractivity contribution in [2.45, 2.75) is 18.1 Å². The van der Waals surface area contributed by atoms with Crippen LogP contribution in [0.1, 0.15) is 12.0 Å². The largest absolute Gasteiger partial charge is 0.465 e. The Hall–Kier alpha value is -0.900. The molecule has 3 nitrogen and oxygen atoms in total. The van der Waals surface area contributed by atoms with Gasteiger partial charge in [0.1, 0.15) is 11.7 Å². The van der Waals surface area contributed by atoms with Crippen LogP contribution in [0.2, 0.25) is 0 Å². The molecule has 0 aromatic heterocycles. The lowest BCUT2D eigenvalue weighted by atomic mass is 9.82. The van der Waals surface area contributed by atoms with Crippen LogP contribution in [0.4, 0.5) is 0 Å². The summed E-state index contributed by atoms with van der Waals surface area (Å²) >= 11 is 0. The third-order valence-electron chi connectivity index (χ3n) is 3.42. The van der Waals surface area contributed by atoms with Gasteiger partial charge in [-0.05, 0) is 5.56 Å². The number of aliphatic hydroxyl groups is 1. The molecule has 1 aliphatic rings. The Bertz CT molecular complexity index is 341. The highest BCUT2D eigenvalue weighted by Crippen LogP contribution is 2.30. The van der Waals surface area contributed by atoms with Crippen molar-refractivity contribution >= 4 is 0 Å². The molecule has 1 aliphatic heterocycles. The number of benzene rings is 1. The van der Waals surface area contributed by atoms with Crippen LogP contribution in [-0.2, 0) is 10.3 Å². The summed E-state index contributed by atoms with van der Waals surface area (Å²) in [5.41, 5.74) is 0.0753. The van der Waals surface area contributed by atoms with Gasteiger partial charge in [0, 0.05) is 13.5 Å². The fraction of sp³-hybridized carbons (Fsp3) is 0.462. The zero-order valence-electron chi connectivity index (χ0n) is 9.65. The highest BCUT2D eigenvalue weighted by molar-refractivity contribution is 5.24. The molecular formula is C13H19NO2. The molecule has 2 rings (SSSR count). The lowest BCUT2D eigenvalue weighted by molar-refractivity contribution is -0.867. The molecule has 3 heteroatoms. The Morgan fingerprint density at radius 1 is 1.44 bits per heavy atom. The maximum absolute atomic E-state index is 10.8. The molecule has 0 bridgehead atoms. The van der Waals surface area contributed by atoms with E-state index < -0.39 is 5.60 Å². The quantitative estimate of drug-likeness (QED) is 0.688. The molecule has 2 N–H and O–H groups in total. The first kappa shape index (κ1) is 11.6. The van der Waals surface area contributed by atoms with Gasteiger partial charge < -0.3 is 14.7 Å². The molecule has 1 aromatic rings. The van der Waals surface area contributed by atoms with Crippen LogP contribution < -0.4 is 4.90 Å². The number of ether oxygens (including phenoxy) is 1. The maximum atomic E-state index is 10.8. The minimum atomic E-state index is -0.864. The van der Waals surface area contributed by atoms with Crippen LogP contribution in [0.25, 0.3) is 0 Å². The van der Waals surface area contributed by atoms with Gasteiger partial charge in [0.25, 0.3) is 0 Å². The molecule has 1 unspecified atom stereocenters. The molecule has 0 radical (unpaired) electrons. The summed E-state index contributed by atoms with van der Waals surface area (Å²) in [5.74, 6) is 0. The predicted molar refractivity (Wildman–Crippen MR) is 61.8 cm³/mol. The van der Waals surface area contributed by atoms with Gasteiger partial charge in [-0.1, -0.05) is 30.3 Å². The van der Waals surface area contributed by atoms with Gasteiger partial charge in [-0.15, -0.1) is 0 Å².